The van der Waals surface area contributed by atoms with Crippen LogP contribution in [0.4, 0.5) is 0 Å². The van der Waals surface area contributed by atoms with Gasteiger partial charge in [0.25, 0.3) is 0 Å². The molecule has 0 N–H and O–H groups in total. The summed E-state index contributed by atoms with van der Waals surface area (Å²) in [7, 11) is 0. The Kier molecular flexibility index (Phi) is 2.39. The third kappa shape index (κ3) is 1.66. The van der Waals surface area contributed by atoms with Gasteiger partial charge in [-0.3, -0.25) is 0 Å². The first-order chi connectivity index (χ1) is 8.88. The summed E-state index contributed by atoms with van der Waals surface area (Å²) >= 11 is 0. The smallest absolute Gasteiger partial charge is 0.148 e. The van der Waals surface area contributed by atoms with Gasteiger partial charge in [-0.1, -0.05) is 17.3 Å². The summed E-state index contributed by atoms with van der Waals surface area (Å²) in [5.74, 6) is 0.603. The van der Waals surface area contributed by atoms with Crippen molar-refractivity contribution in [3.63, 3.8) is 0 Å². The SMILES string of the molecule is N#C/C(=C\c1ccco1)n1nnc2ccccc21. The van der Waals surface area contributed by atoms with Gasteiger partial charge in [-0.25, -0.2) is 4.68 Å². The fraction of sp³-hybridized carbons (Fsp3) is 0. The highest BCUT2D eigenvalue weighted by Crippen LogP contribution is 2.16. The Morgan fingerprint density at radius 2 is 2.17 bits per heavy atom. The number of para-hydroxylation sites is 1. The fourth-order valence-electron chi connectivity index (χ4n) is 1.70. The monoisotopic (exact) mass is 236 g/mol. The molecular weight excluding hydrogens is 228 g/mol. The van der Waals surface area contributed by atoms with Gasteiger partial charge >= 0.3 is 0 Å². The summed E-state index contributed by atoms with van der Waals surface area (Å²) in [4.78, 5) is 0. The Morgan fingerprint density at radius 3 is 2.94 bits per heavy atom. The van der Waals surface area contributed by atoms with E-state index >= 15 is 0 Å². The second-order valence-electron chi connectivity index (χ2n) is 3.65. The Hall–Kier alpha value is -2.87. The predicted octanol–water partition coefficient (Wildman–Crippen LogP) is 2.55. The van der Waals surface area contributed by atoms with Crippen molar-refractivity contribution in [1.29, 1.82) is 5.26 Å². The number of nitriles is 1. The van der Waals surface area contributed by atoms with E-state index in [0.29, 0.717) is 11.5 Å². The van der Waals surface area contributed by atoms with Crippen LogP contribution in [0.2, 0.25) is 0 Å². The lowest BCUT2D eigenvalue weighted by Crippen LogP contribution is -1.97. The van der Waals surface area contributed by atoms with Gasteiger partial charge in [-0.05, 0) is 24.3 Å². The molecule has 3 aromatic rings. The number of benzene rings is 1. The van der Waals surface area contributed by atoms with Crippen LogP contribution >= 0.6 is 0 Å². The van der Waals surface area contributed by atoms with Crippen LogP contribution in [0.25, 0.3) is 22.8 Å². The molecular formula is C13H8N4O. The normalized spacial score (nSPS) is 11.6. The zero-order valence-corrected chi connectivity index (χ0v) is 9.32. The van der Waals surface area contributed by atoms with Crippen molar-refractivity contribution in [2.45, 2.75) is 0 Å². The molecule has 0 radical (unpaired) electrons. The van der Waals surface area contributed by atoms with Crippen LogP contribution in [0.5, 0.6) is 0 Å². The van der Waals surface area contributed by atoms with E-state index in [4.69, 9.17) is 4.42 Å². The molecule has 5 heteroatoms. The Bertz CT molecular complexity index is 747. The molecule has 0 bridgehead atoms. The first kappa shape index (κ1) is 10.3. The number of allylic oxidation sites excluding steroid dienone is 1. The number of fused-ring (bicyclic) bond motifs is 1. The lowest BCUT2D eigenvalue weighted by Gasteiger charge is -1.98. The maximum absolute atomic E-state index is 9.21. The van der Waals surface area contributed by atoms with E-state index in [1.54, 1.807) is 24.5 Å². The lowest BCUT2D eigenvalue weighted by molar-refractivity contribution is 0.557. The molecule has 0 unspecified atom stereocenters. The standard InChI is InChI=1S/C13H8N4O/c14-9-10(8-11-4-3-7-18-11)17-13-6-2-1-5-12(13)15-16-17/h1-8H/b10-8+. The first-order valence-corrected chi connectivity index (χ1v) is 5.34. The van der Waals surface area contributed by atoms with E-state index < -0.39 is 0 Å². The molecule has 0 saturated heterocycles. The second kappa shape index (κ2) is 4.18. The molecule has 0 amide bonds. The topological polar surface area (TPSA) is 67.6 Å². The number of rotatable bonds is 2. The molecule has 86 valence electrons. The summed E-state index contributed by atoms with van der Waals surface area (Å²) in [5, 5.41) is 17.2. The van der Waals surface area contributed by atoms with Crippen LogP contribution in [0, 0.1) is 11.3 Å². The van der Waals surface area contributed by atoms with Crippen molar-refractivity contribution < 1.29 is 4.42 Å². The highest BCUT2D eigenvalue weighted by Gasteiger charge is 2.08. The summed E-state index contributed by atoms with van der Waals surface area (Å²) < 4.78 is 6.68. The minimum atomic E-state index is 0.360. The summed E-state index contributed by atoms with van der Waals surface area (Å²) in [6, 6.07) is 13.1. The van der Waals surface area contributed by atoms with Crippen LogP contribution in [-0.2, 0) is 0 Å². The zero-order chi connectivity index (χ0) is 12.4. The molecule has 2 aromatic heterocycles. The molecule has 1 aromatic carbocycles. The average molecular weight is 236 g/mol. The summed E-state index contributed by atoms with van der Waals surface area (Å²) in [6.45, 7) is 0. The largest absolute Gasteiger partial charge is 0.465 e. The fourth-order valence-corrected chi connectivity index (χ4v) is 1.70. The maximum atomic E-state index is 9.21. The van der Waals surface area contributed by atoms with Crippen molar-refractivity contribution in [3.8, 4) is 6.07 Å². The minimum Gasteiger partial charge on any atom is -0.465 e. The van der Waals surface area contributed by atoms with Crippen molar-refractivity contribution >= 4 is 22.8 Å². The van der Waals surface area contributed by atoms with E-state index in [0.717, 1.165) is 11.0 Å². The molecule has 0 aliphatic rings. The molecule has 0 aliphatic heterocycles. The predicted molar refractivity (Wildman–Crippen MR) is 66.0 cm³/mol. The number of nitrogens with zero attached hydrogens (tertiary/aromatic N) is 4. The van der Waals surface area contributed by atoms with Gasteiger partial charge in [0.2, 0.25) is 0 Å². The molecule has 5 nitrogen and oxygen atoms in total. The molecule has 2 heterocycles. The number of hydrogen-bond donors (Lipinski definition) is 0. The highest BCUT2D eigenvalue weighted by atomic mass is 16.3. The summed E-state index contributed by atoms with van der Waals surface area (Å²) in [6.07, 6.45) is 3.18. The maximum Gasteiger partial charge on any atom is 0.148 e. The molecule has 0 fully saturated rings. The van der Waals surface area contributed by atoms with Crippen LogP contribution < -0.4 is 0 Å². The number of aromatic nitrogens is 3. The van der Waals surface area contributed by atoms with Crippen LogP contribution in [0.3, 0.4) is 0 Å². The quantitative estimate of drug-likeness (QED) is 0.641. The first-order valence-electron chi connectivity index (χ1n) is 5.34. The van der Waals surface area contributed by atoms with E-state index in [-0.39, 0.29) is 0 Å². The number of furan rings is 1. The average Bonchev–Trinajstić information content (AvgIpc) is 3.05. The molecule has 0 spiro atoms. The zero-order valence-electron chi connectivity index (χ0n) is 9.32. The molecule has 0 aliphatic carbocycles. The van der Waals surface area contributed by atoms with Gasteiger partial charge < -0.3 is 4.42 Å². The van der Waals surface area contributed by atoms with E-state index in [9.17, 15) is 5.26 Å². The van der Waals surface area contributed by atoms with Crippen LogP contribution in [0.15, 0.2) is 47.1 Å². The molecule has 3 rings (SSSR count). The summed E-state index contributed by atoms with van der Waals surface area (Å²) in [5.41, 5.74) is 1.90. The third-order valence-corrected chi connectivity index (χ3v) is 2.52. The van der Waals surface area contributed by atoms with Crippen molar-refractivity contribution in [1.82, 2.24) is 15.0 Å². The Morgan fingerprint density at radius 1 is 1.28 bits per heavy atom. The van der Waals surface area contributed by atoms with Gasteiger partial charge in [0, 0.05) is 6.08 Å². The van der Waals surface area contributed by atoms with E-state index in [1.165, 1.54) is 4.68 Å². The van der Waals surface area contributed by atoms with Gasteiger partial charge in [0.1, 0.15) is 23.0 Å². The molecule has 0 saturated carbocycles. The Labute approximate surface area is 103 Å². The van der Waals surface area contributed by atoms with Crippen LogP contribution in [0.1, 0.15) is 5.76 Å². The van der Waals surface area contributed by atoms with Gasteiger partial charge in [0.05, 0.1) is 11.8 Å². The second-order valence-corrected chi connectivity index (χ2v) is 3.65. The molecule has 18 heavy (non-hydrogen) atoms. The van der Waals surface area contributed by atoms with Gasteiger partial charge in [-0.2, -0.15) is 5.26 Å². The lowest BCUT2D eigenvalue weighted by atomic mass is 10.3. The minimum absolute atomic E-state index is 0.360. The van der Waals surface area contributed by atoms with Crippen LogP contribution in [-0.4, -0.2) is 15.0 Å². The van der Waals surface area contributed by atoms with E-state index in [2.05, 4.69) is 16.4 Å². The van der Waals surface area contributed by atoms with Gasteiger partial charge in [0.15, 0.2) is 0 Å². The highest BCUT2D eigenvalue weighted by molar-refractivity contribution is 5.85. The van der Waals surface area contributed by atoms with Crippen molar-refractivity contribution in [3.05, 3.63) is 48.4 Å². The third-order valence-electron chi connectivity index (χ3n) is 2.52. The van der Waals surface area contributed by atoms with E-state index in [1.807, 2.05) is 24.3 Å². The van der Waals surface area contributed by atoms with Crippen molar-refractivity contribution in [2.24, 2.45) is 0 Å². The Balaban J connectivity index is 2.16. The van der Waals surface area contributed by atoms with Crippen molar-refractivity contribution in [2.75, 3.05) is 0 Å². The van der Waals surface area contributed by atoms with Gasteiger partial charge in [-0.15, -0.1) is 5.10 Å². The molecule has 0 atom stereocenters. The number of hydrogen-bond acceptors (Lipinski definition) is 4.